The number of carboxylic acid groups (broad SMARTS) is 1. The average molecular weight is 522 g/mol. The first-order valence-corrected chi connectivity index (χ1v) is 13.5. The van der Waals surface area contributed by atoms with E-state index in [1.54, 1.807) is 6.07 Å². The van der Waals surface area contributed by atoms with Gasteiger partial charge in [0.2, 0.25) is 0 Å². The van der Waals surface area contributed by atoms with Crippen molar-refractivity contribution in [3.63, 3.8) is 0 Å². The summed E-state index contributed by atoms with van der Waals surface area (Å²) in [6, 6.07) is 2.97. The van der Waals surface area contributed by atoms with Gasteiger partial charge in [-0.25, -0.2) is 9.59 Å². The number of amides is 3. The van der Waals surface area contributed by atoms with E-state index < -0.39 is 23.9 Å². The fraction of sp³-hybridized carbons (Fsp3) is 0.654. The van der Waals surface area contributed by atoms with Crippen molar-refractivity contribution in [2.75, 3.05) is 6.54 Å². The second kappa shape index (κ2) is 9.81. The molecule has 0 heterocycles. The number of carbonyl (C=O) groups excluding carboxylic acids is 2. The van der Waals surface area contributed by atoms with Crippen molar-refractivity contribution < 1.29 is 19.5 Å². The zero-order chi connectivity index (χ0) is 24.7. The van der Waals surface area contributed by atoms with Crippen LogP contribution in [0.1, 0.15) is 68.1 Å². The SMILES string of the molecule is O=C(NC[C@H](NC(=O)c1c(Cl)cccc1Cl)C(=O)O)NC1CCC2(CC1)C1CC3CC(C1)CC2C3. The minimum Gasteiger partial charge on any atom is -0.480 e. The van der Waals surface area contributed by atoms with Gasteiger partial charge in [-0.2, -0.15) is 0 Å². The lowest BCUT2D eigenvalue weighted by Crippen LogP contribution is -2.56. The molecule has 190 valence electrons. The molecule has 6 rings (SSSR count). The quantitative estimate of drug-likeness (QED) is 0.428. The number of halogens is 2. The highest BCUT2D eigenvalue weighted by molar-refractivity contribution is 6.39. The molecule has 5 fully saturated rings. The van der Waals surface area contributed by atoms with Crippen LogP contribution in [0.4, 0.5) is 4.79 Å². The Hall–Kier alpha value is -1.99. The Bertz CT molecular complexity index is 958. The van der Waals surface area contributed by atoms with E-state index in [9.17, 15) is 19.5 Å². The number of rotatable bonds is 6. The second-order valence-electron chi connectivity index (χ2n) is 11.1. The molecule has 0 unspecified atom stereocenters. The van der Waals surface area contributed by atoms with Gasteiger partial charge in [-0.05, 0) is 99.0 Å². The number of aliphatic carboxylic acids is 1. The molecule has 1 aromatic rings. The molecule has 0 aromatic heterocycles. The molecule has 5 saturated carbocycles. The van der Waals surface area contributed by atoms with E-state index in [0.717, 1.165) is 36.5 Å². The zero-order valence-electron chi connectivity index (χ0n) is 19.7. The van der Waals surface area contributed by atoms with Gasteiger partial charge in [-0.15, -0.1) is 0 Å². The van der Waals surface area contributed by atoms with Crippen LogP contribution in [0.2, 0.25) is 10.0 Å². The number of carbonyl (C=O) groups is 3. The molecule has 5 aliphatic carbocycles. The lowest BCUT2D eigenvalue weighted by atomic mass is 9.42. The second-order valence-corrected chi connectivity index (χ2v) is 11.9. The predicted molar refractivity (Wildman–Crippen MR) is 134 cm³/mol. The van der Waals surface area contributed by atoms with E-state index in [0.29, 0.717) is 5.41 Å². The lowest BCUT2D eigenvalue weighted by molar-refractivity contribution is -0.139. The number of urea groups is 1. The van der Waals surface area contributed by atoms with Crippen LogP contribution in [0, 0.1) is 29.1 Å². The van der Waals surface area contributed by atoms with Crippen LogP contribution in [0.15, 0.2) is 18.2 Å². The fourth-order valence-electron chi connectivity index (χ4n) is 7.82. The van der Waals surface area contributed by atoms with Crippen molar-refractivity contribution in [3.8, 4) is 0 Å². The Morgan fingerprint density at radius 2 is 1.54 bits per heavy atom. The fourth-order valence-corrected chi connectivity index (χ4v) is 8.38. The van der Waals surface area contributed by atoms with Gasteiger partial charge in [-0.3, -0.25) is 4.79 Å². The average Bonchev–Trinajstić information content (AvgIpc) is 2.80. The largest absolute Gasteiger partial charge is 0.480 e. The maximum Gasteiger partial charge on any atom is 0.328 e. The van der Waals surface area contributed by atoms with Gasteiger partial charge in [0, 0.05) is 6.04 Å². The van der Waals surface area contributed by atoms with Gasteiger partial charge in [0.1, 0.15) is 6.04 Å². The summed E-state index contributed by atoms with van der Waals surface area (Å²) >= 11 is 12.1. The monoisotopic (exact) mass is 521 g/mol. The molecule has 1 aromatic carbocycles. The van der Waals surface area contributed by atoms with Crippen LogP contribution in [-0.2, 0) is 4.79 Å². The summed E-state index contributed by atoms with van der Waals surface area (Å²) in [7, 11) is 0. The number of hydrogen-bond acceptors (Lipinski definition) is 3. The smallest absolute Gasteiger partial charge is 0.328 e. The van der Waals surface area contributed by atoms with E-state index in [-0.39, 0.29) is 28.2 Å². The third kappa shape index (κ3) is 4.86. The van der Waals surface area contributed by atoms with Gasteiger partial charge in [0.25, 0.3) is 5.91 Å². The van der Waals surface area contributed by atoms with E-state index in [4.69, 9.17) is 23.2 Å². The Balaban J connectivity index is 1.11. The summed E-state index contributed by atoms with van der Waals surface area (Å²) in [5.74, 6) is 1.70. The highest BCUT2D eigenvalue weighted by Crippen LogP contribution is 2.66. The molecule has 0 aliphatic heterocycles. The molecule has 7 nitrogen and oxygen atoms in total. The number of nitrogens with one attached hydrogen (secondary N) is 3. The summed E-state index contributed by atoms with van der Waals surface area (Å²) in [5, 5.41) is 17.8. The molecule has 35 heavy (non-hydrogen) atoms. The number of carboxylic acids is 1. The van der Waals surface area contributed by atoms with Crippen LogP contribution < -0.4 is 16.0 Å². The zero-order valence-corrected chi connectivity index (χ0v) is 21.2. The topological polar surface area (TPSA) is 108 Å². The molecule has 9 heteroatoms. The minimum absolute atomic E-state index is 0.00690. The van der Waals surface area contributed by atoms with Gasteiger partial charge in [-0.1, -0.05) is 29.3 Å². The van der Waals surface area contributed by atoms with Crippen molar-refractivity contribution in [2.24, 2.45) is 29.1 Å². The first-order valence-electron chi connectivity index (χ1n) is 12.8. The van der Waals surface area contributed by atoms with Crippen molar-refractivity contribution >= 4 is 41.1 Å². The third-order valence-corrected chi connectivity index (χ3v) is 9.91. The molecule has 0 saturated heterocycles. The van der Waals surface area contributed by atoms with Gasteiger partial charge in [0.05, 0.1) is 22.2 Å². The predicted octanol–water partition coefficient (Wildman–Crippen LogP) is 4.86. The number of benzene rings is 1. The van der Waals surface area contributed by atoms with E-state index >= 15 is 0 Å². The third-order valence-electron chi connectivity index (χ3n) is 9.28. The summed E-state index contributed by atoms with van der Waals surface area (Å²) < 4.78 is 0. The Morgan fingerprint density at radius 1 is 0.971 bits per heavy atom. The maximum atomic E-state index is 12.5. The van der Waals surface area contributed by atoms with Crippen molar-refractivity contribution in [3.05, 3.63) is 33.8 Å². The standard InChI is InChI=1S/C26H33Cl2N3O4/c27-19-2-1-3-20(28)22(19)23(32)31-21(24(33)34)13-29-25(35)30-18-4-6-26(7-5-18)16-9-14-8-15(11-16)12-17(26)10-14/h1-3,14-18,21H,4-13H2,(H,31,32)(H,33,34)(H2,29,30,35)/t14?,15?,16?,17?,18?,21-,26?/m0/s1. The van der Waals surface area contributed by atoms with Gasteiger partial charge in [0.15, 0.2) is 0 Å². The molecule has 1 atom stereocenters. The maximum absolute atomic E-state index is 12.5. The first kappa shape index (κ1) is 24.7. The normalized spacial score (nSPS) is 33.8. The Labute approximate surface area is 215 Å². The van der Waals surface area contributed by atoms with Crippen LogP contribution in [-0.4, -0.2) is 41.6 Å². The summed E-state index contributed by atoms with van der Waals surface area (Å²) in [5.41, 5.74) is 0.494. The highest BCUT2D eigenvalue weighted by Gasteiger charge is 2.57. The summed E-state index contributed by atoms with van der Waals surface area (Å²) in [4.78, 5) is 36.8. The van der Waals surface area contributed by atoms with E-state index in [2.05, 4.69) is 16.0 Å². The van der Waals surface area contributed by atoms with Crippen LogP contribution in [0.5, 0.6) is 0 Å². The summed E-state index contributed by atoms with van der Waals surface area (Å²) in [6.07, 6.45) is 11.4. The minimum atomic E-state index is -1.32. The van der Waals surface area contributed by atoms with E-state index in [1.807, 2.05) is 0 Å². The number of hydrogen-bond donors (Lipinski definition) is 4. The Morgan fingerprint density at radius 3 is 2.09 bits per heavy atom. The van der Waals surface area contributed by atoms with Crippen molar-refractivity contribution in [1.29, 1.82) is 0 Å². The van der Waals surface area contributed by atoms with Crippen LogP contribution in [0.25, 0.3) is 0 Å². The highest BCUT2D eigenvalue weighted by atomic mass is 35.5. The van der Waals surface area contributed by atoms with Crippen molar-refractivity contribution in [2.45, 2.75) is 69.9 Å². The molecule has 3 amide bonds. The van der Waals surface area contributed by atoms with E-state index in [1.165, 1.54) is 57.1 Å². The summed E-state index contributed by atoms with van der Waals surface area (Å²) in [6.45, 7) is -0.251. The van der Waals surface area contributed by atoms with Crippen LogP contribution in [0.3, 0.4) is 0 Å². The Kier molecular flexibility index (Phi) is 6.92. The lowest BCUT2D eigenvalue weighted by Gasteiger charge is -2.63. The molecule has 5 aliphatic rings. The van der Waals surface area contributed by atoms with Gasteiger partial charge >= 0.3 is 12.0 Å². The molecule has 1 spiro atoms. The molecule has 4 N–H and O–H groups in total. The van der Waals surface area contributed by atoms with Crippen molar-refractivity contribution in [1.82, 2.24) is 16.0 Å². The van der Waals surface area contributed by atoms with Gasteiger partial charge < -0.3 is 21.1 Å². The molecular formula is C26H33Cl2N3O4. The van der Waals surface area contributed by atoms with Crippen LogP contribution >= 0.6 is 23.2 Å². The first-order chi connectivity index (χ1) is 16.7. The molecular weight excluding hydrogens is 489 g/mol. The molecule has 0 radical (unpaired) electrons. The molecule has 4 bridgehead atoms.